The zero-order valence-electron chi connectivity index (χ0n) is 20.0. The van der Waals surface area contributed by atoms with E-state index in [1.807, 2.05) is 47.5 Å². The SMILES string of the molecule is CC(C)(C)c1ccc(/C=C2\SC(=O)N[C@]23Oc2ccccc2[C@H]2CC(c4ccccc4)=NN23)cc1. The highest BCUT2D eigenvalue weighted by molar-refractivity contribution is 8.17. The maximum absolute atomic E-state index is 12.8. The van der Waals surface area contributed by atoms with Crippen LogP contribution in [-0.4, -0.2) is 21.8 Å². The van der Waals surface area contributed by atoms with E-state index in [-0.39, 0.29) is 16.7 Å². The van der Waals surface area contributed by atoms with E-state index in [2.05, 4.69) is 68.6 Å². The van der Waals surface area contributed by atoms with Crippen molar-refractivity contribution >= 4 is 28.8 Å². The number of benzene rings is 3. The van der Waals surface area contributed by atoms with Gasteiger partial charge < -0.3 is 4.74 Å². The third-order valence-electron chi connectivity index (χ3n) is 6.76. The number of carbonyl (C=O) groups excluding carboxylic acids is 1. The summed E-state index contributed by atoms with van der Waals surface area (Å²) in [5.74, 6) is -0.407. The zero-order chi connectivity index (χ0) is 24.2. The summed E-state index contributed by atoms with van der Waals surface area (Å²) in [6.45, 7) is 6.61. The molecule has 3 aliphatic rings. The third kappa shape index (κ3) is 3.73. The molecule has 1 saturated heterocycles. The first-order valence-electron chi connectivity index (χ1n) is 11.9. The van der Waals surface area contributed by atoms with Gasteiger partial charge in [0.2, 0.25) is 0 Å². The number of nitrogens with zero attached hydrogens (tertiary/aromatic N) is 2. The number of nitrogens with one attached hydrogen (secondary N) is 1. The molecule has 6 heteroatoms. The van der Waals surface area contributed by atoms with E-state index in [0.29, 0.717) is 0 Å². The van der Waals surface area contributed by atoms with Crippen molar-refractivity contribution in [2.45, 2.75) is 44.5 Å². The molecule has 0 bridgehead atoms. The van der Waals surface area contributed by atoms with Gasteiger partial charge in [-0.2, -0.15) is 5.10 Å². The average molecular weight is 482 g/mol. The Labute approximate surface area is 209 Å². The molecule has 6 rings (SSSR count). The van der Waals surface area contributed by atoms with Crippen LogP contribution in [0.4, 0.5) is 4.79 Å². The first-order valence-corrected chi connectivity index (χ1v) is 12.7. The fourth-order valence-electron chi connectivity index (χ4n) is 4.90. The van der Waals surface area contributed by atoms with Crippen molar-refractivity contribution in [3.63, 3.8) is 0 Å². The second-order valence-corrected chi connectivity index (χ2v) is 11.2. The van der Waals surface area contributed by atoms with E-state index in [9.17, 15) is 4.79 Å². The minimum Gasteiger partial charge on any atom is -0.444 e. The molecular formula is C29H27N3O2S. The van der Waals surface area contributed by atoms with Crippen molar-refractivity contribution < 1.29 is 9.53 Å². The zero-order valence-corrected chi connectivity index (χ0v) is 20.8. The predicted octanol–water partition coefficient (Wildman–Crippen LogP) is 6.68. The summed E-state index contributed by atoms with van der Waals surface area (Å²) in [7, 11) is 0. The van der Waals surface area contributed by atoms with Crippen LogP contribution in [0.2, 0.25) is 0 Å². The van der Waals surface area contributed by atoms with Crippen molar-refractivity contribution in [3.05, 3.63) is 106 Å². The lowest BCUT2D eigenvalue weighted by molar-refractivity contribution is -0.0949. The Morgan fingerprint density at radius 2 is 1.74 bits per heavy atom. The Morgan fingerprint density at radius 3 is 2.49 bits per heavy atom. The molecule has 0 radical (unpaired) electrons. The van der Waals surface area contributed by atoms with Gasteiger partial charge in [0, 0.05) is 12.0 Å². The molecule has 3 aromatic carbocycles. The van der Waals surface area contributed by atoms with Crippen LogP contribution in [0, 0.1) is 0 Å². The topological polar surface area (TPSA) is 53.9 Å². The number of para-hydroxylation sites is 1. The standard InChI is InChI=1S/C29H27N3O2S/c1-28(2,3)21-15-13-19(14-16-21)17-26-29(30-27(33)35-26)32-24(22-11-7-8-12-25(22)34-29)18-23(31-32)20-9-5-4-6-10-20/h4-17,24H,18H2,1-3H3,(H,30,33)/b26-17-/t24-,29-/m1/s1. The lowest BCUT2D eigenvalue weighted by atomic mass is 9.87. The van der Waals surface area contributed by atoms with Crippen LogP contribution in [-0.2, 0) is 5.41 Å². The van der Waals surface area contributed by atoms with Crippen LogP contribution in [0.15, 0.2) is 88.9 Å². The molecule has 5 nitrogen and oxygen atoms in total. The molecule has 3 heterocycles. The summed E-state index contributed by atoms with van der Waals surface area (Å²) in [6, 6.07) is 26.7. The van der Waals surface area contributed by atoms with E-state index in [1.54, 1.807) is 0 Å². The van der Waals surface area contributed by atoms with Crippen LogP contribution in [0.25, 0.3) is 6.08 Å². The second-order valence-electron chi connectivity index (χ2n) is 10.2. The van der Waals surface area contributed by atoms with Gasteiger partial charge >= 0.3 is 5.85 Å². The number of ether oxygens (including phenoxy) is 1. The molecule has 3 aliphatic heterocycles. The van der Waals surface area contributed by atoms with E-state index in [1.165, 1.54) is 17.3 Å². The second kappa shape index (κ2) is 8.02. The average Bonchev–Trinajstić information content (AvgIpc) is 3.42. The van der Waals surface area contributed by atoms with Gasteiger partial charge in [0.05, 0.1) is 16.7 Å². The van der Waals surface area contributed by atoms with Crippen LogP contribution in [0.1, 0.15) is 55.5 Å². The van der Waals surface area contributed by atoms with Crippen LogP contribution in [0.3, 0.4) is 0 Å². The van der Waals surface area contributed by atoms with E-state index < -0.39 is 5.85 Å². The van der Waals surface area contributed by atoms with Gasteiger partial charge in [-0.1, -0.05) is 93.6 Å². The van der Waals surface area contributed by atoms with Gasteiger partial charge in [-0.3, -0.25) is 10.1 Å². The quantitative estimate of drug-likeness (QED) is 0.444. The van der Waals surface area contributed by atoms with Gasteiger partial charge in [0.15, 0.2) is 0 Å². The summed E-state index contributed by atoms with van der Waals surface area (Å²) in [5, 5.41) is 9.96. The van der Waals surface area contributed by atoms with E-state index >= 15 is 0 Å². The molecule has 0 aromatic heterocycles. The van der Waals surface area contributed by atoms with Gasteiger partial charge in [0.1, 0.15) is 5.75 Å². The molecule has 1 fully saturated rings. The maximum atomic E-state index is 12.8. The number of thioether (sulfide) groups is 1. The minimum absolute atomic E-state index is 0.0409. The summed E-state index contributed by atoms with van der Waals surface area (Å²) in [6.07, 6.45) is 2.77. The van der Waals surface area contributed by atoms with Crippen LogP contribution < -0.4 is 10.1 Å². The molecule has 0 saturated carbocycles. The number of hydrogen-bond donors (Lipinski definition) is 1. The Balaban J connectivity index is 1.46. The summed E-state index contributed by atoms with van der Waals surface area (Å²) in [4.78, 5) is 13.6. The molecular weight excluding hydrogens is 454 g/mol. The van der Waals surface area contributed by atoms with Crippen LogP contribution in [0.5, 0.6) is 5.75 Å². The van der Waals surface area contributed by atoms with Crippen molar-refractivity contribution in [2.24, 2.45) is 5.10 Å². The van der Waals surface area contributed by atoms with Gasteiger partial charge in [-0.05, 0) is 46.0 Å². The van der Waals surface area contributed by atoms with E-state index in [0.717, 1.165) is 39.5 Å². The van der Waals surface area contributed by atoms with Crippen molar-refractivity contribution in [2.75, 3.05) is 0 Å². The Kier molecular flexibility index (Phi) is 5.04. The summed E-state index contributed by atoms with van der Waals surface area (Å²) in [5.41, 5.74) is 5.50. The van der Waals surface area contributed by atoms with E-state index in [4.69, 9.17) is 9.84 Å². The number of rotatable bonds is 2. The number of fused-ring (bicyclic) bond motifs is 4. The molecule has 1 spiro atoms. The van der Waals surface area contributed by atoms with Crippen molar-refractivity contribution in [1.82, 2.24) is 10.3 Å². The van der Waals surface area contributed by atoms with Gasteiger partial charge in [-0.15, -0.1) is 0 Å². The molecule has 1 amide bonds. The minimum atomic E-state index is -1.18. The Hall–Kier alpha value is -3.51. The monoisotopic (exact) mass is 481 g/mol. The molecule has 3 aromatic rings. The number of hydrogen-bond acceptors (Lipinski definition) is 5. The fraction of sp³-hybridized carbons (Fsp3) is 0.241. The number of amides is 1. The molecule has 176 valence electrons. The van der Waals surface area contributed by atoms with Crippen molar-refractivity contribution in [3.8, 4) is 5.75 Å². The Morgan fingerprint density at radius 1 is 1.03 bits per heavy atom. The maximum Gasteiger partial charge on any atom is 0.314 e. The lowest BCUT2D eigenvalue weighted by Gasteiger charge is -2.45. The molecule has 0 unspecified atom stereocenters. The highest BCUT2D eigenvalue weighted by Gasteiger charge is 2.58. The molecule has 0 aliphatic carbocycles. The Bertz CT molecular complexity index is 1360. The molecule has 2 atom stereocenters. The first-order chi connectivity index (χ1) is 16.8. The smallest absolute Gasteiger partial charge is 0.314 e. The predicted molar refractivity (Wildman–Crippen MR) is 141 cm³/mol. The molecule has 1 N–H and O–H groups in total. The van der Waals surface area contributed by atoms with Crippen molar-refractivity contribution in [1.29, 1.82) is 0 Å². The van der Waals surface area contributed by atoms with Crippen LogP contribution >= 0.6 is 11.8 Å². The number of hydrazone groups is 1. The number of carbonyl (C=O) groups is 1. The third-order valence-corrected chi connectivity index (χ3v) is 7.66. The fourth-order valence-corrected chi connectivity index (χ4v) is 5.81. The summed E-state index contributed by atoms with van der Waals surface area (Å²) >= 11 is 1.17. The first kappa shape index (κ1) is 22.0. The summed E-state index contributed by atoms with van der Waals surface area (Å²) < 4.78 is 6.61. The van der Waals surface area contributed by atoms with Gasteiger partial charge in [0.25, 0.3) is 5.24 Å². The normalized spacial score (nSPS) is 24.1. The highest BCUT2D eigenvalue weighted by Crippen LogP contribution is 2.52. The molecule has 35 heavy (non-hydrogen) atoms. The highest BCUT2D eigenvalue weighted by atomic mass is 32.2. The van der Waals surface area contributed by atoms with Gasteiger partial charge in [-0.25, -0.2) is 5.01 Å². The lowest BCUT2D eigenvalue weighted by Crippen LogP contribution is -2.61. The largest absolute Gasteiger partial charge is 0.444 e.